The molecule has 9 heteroatoms. The van der Waals surface area contributed by atoms with Crippen LogP contribution in [-0.4, -0.2) is 47.4 Å². The number of amidine groups is 1. The number of amides is 1. The van der Waals surface area contributed by atoms with Gasteiger partial charge in [0.2, 0.25) is 5.91 Å². The summed E-state index contributed by atoms with van der Waals surface area (Å²) in [5.41, 5.74) is 1.43. The van der Waals surface area contributed by atoms with E-state index in [2.05, 4.69) is 4.99 Å². The molecule has 0 aromatic heterocycles. The lowest BCUT2D eigenvalue weighted by atomic mass is 9.94. The highest BCUT2D eigenvalue weighted by molar-refractivity contribution is 8.14. The van der Waals surface area contributed by atoms with Crippen LogP contribution in [0.1, 0.15) is 38.8 Å². The molecule has 2 aliphatic rings. The van der Waals surface area contributed by atoms with Crippen LogP contribution in [-0.2, 0) is 19.1 Å². The summed E-state index contributed by atoms with van der Waals surface area (Å²) in [4.78, 5) is 42.9. The lowest BCUT2D eigenvalue weighted by molar-refractivity contribution is -0.139. The number of benzene rings is 1. The van der Waals surface area contributed by atoms with Gasteiger partial charge in [-0.05, 0) is 31.5 Å². The molecule has 0 unspecified atom stereocenters. The van der Waals surface area contributed by atoms with Crippen molar-refractivity contribution in [3.05, 3.63) is 35.0 Å². The van der Waals surface area contributed by atoms with E-state index in [-0.39, 0.29) is 18.3 Å². The number of ether oxygens (including phenoxy) is 3. The number of hydrogen-bond acceptors (Lipinski definition) is 8. The van der Waals surface area contributed by atoms with Gasteiger partial charge < -0.3 is 14.2 Å². The average molecular weight is 418 g/mol. The Morgan fingerprint density at radius 1 is 1.31 bits per heavy atom. The monoisotopic (exact) mass is 418 g/mol. The second kappa shape index (κ2) is 8.69. The molecule has 1 aromatic rings. The molecular formula is C20H22N2O6S. The Hall–Kier alpha value is -2.81. The molecule has 0 N–H and O–H groups in total. The number of aliphatic imine (C=N–C) groups is 1. The maximum absolute atomic E-state index is 12.8. The van der Waals surface area contributed by atoms with Gasteiger partial charge in [-0.1, -0.05) is 17.8 Å². The summed E-state index contributed by atoms with van der Waals surface area (Å²) < 4.78 is 15.8. The van der Waals surface area contributed by atoms with Crippen LogP contribution in [0, 0.1) is 0 Å². The van der Waals surface area contributed by atoms with Crippen LogP contribution in [0.2, 0.25) is 0 Å². The van der Waals surface area contributed by atoms with Crippen molar-refractivity contribution in [3.8, 4) is 11.5 Å². The highest BCUT2D eigenvalue weighted by Crippen LogP contribution is 2.42. The molecule has 0 radical (unpaired) electrons. The molecule has 2 aliphatic heterocycles. The summed E-state index contributed by atoms with van der Waals surface area (Å²) in [5.74, 6) is 0.0890. The Kier molecular flexibility index (Phi) is 6.26. The summed E-state index contributed by atoms with van der Waals surface area (Å²) in [7, 11) is 1.45. The third kappa shape index (κ3) is 4.14. The molecule has 8 nitrogen and oxygen atoms in total. The number of carbonyl (C=O) groups is 3. The fourth-order valence-corrected chi connectivity index (χ4v) is 4.28. The number of hydrogen-bond donors (Lipinski definition) is 0. The van der Waals surface area contributed by atoms with Crippen LogP contribution in [0.25, 0.3) is 0 Å². The first-order valence-electron chi connectivity index (χ1n) is 9.15. The highest BCUT2D eigenvalue weighted by Gasteiger charge is 2.41. The normalized spacial score (nSPS) is 18.8. The van der Waals surface area contributed by atoms with E-state index in [1.807, 2.05) is 0 Å². The maximum atomic E-state index is 12.8. The predicted octanol–water partition coefficient (Wildman–Crippen LogP) is 2.83. The SMILES string of the molecule is CCOC(=O)C1=C(C)N=C2SCCC(=O)N2[C@@H]1c1ccc(OC(C)=O)c(OC)c1. The number of allylic oxidation sites excluding steroid dienone is 1. The van der Waals surface area contributed by atoms with Gasteiger partial charge in [-0.15, -0.1) is 0 Å². The van der Waals surface area contributed by atoms with Gasteiger partial charge >= 0.3 is 11.9 Å². The zero-order valence-electron chi connectivity index (χ0n) is 16.7. The minimum absolute atomic E-state index is 0.121. The summed E-state index contributed by atoms with van der Waals surface area (Å²) in [5, 5.41) is 0.555. The lowest BCUT2D eigenvalue weighted by Crippen LogP contribution is -2.45. The fourth-order valence-electron chi connectivity index (χ4n) is 3.27. The second-order valence-electron chi connectivity index (χ2n) is 6.38. The molecule has 1 aromatic carbocycles. The van der Waals surface area contributed by atoms with Gasteiger partial charge in [0.15, 0.2) is 16.7 Å². The Labute approximate surface area is 172 Å². The van der Waals surface area contributed by atoms with Crippen LogP contribution in [0.15, 0.2) is 34.5 Å². The van der Waals surface area contributed by atoms with E-state index in [4.69, 9.17) is 14.2 Å². The van der Waals surface area contributed by atoms with Crippen molar-refractivity contribution in [1.82, 2.24) is 4.90 Å². The van der Waals surface area contributed by atoms with E-state index >= 15 is 0 Å². The van der Waals surface area contributed by atoms with E-state index in [9.17, 15) is 14.4 Å². The molecule has 1 fully saturated rings. The van der Waals surface area contributed by atoms with Crippen LogP contribution in [0.4, 0.5) is 0 Å². The van der Waals surface area contributed by atoms with Crippen LogP contribution in [0.5, 0.6) is 11.5 Å². The molecule has 1 saturated heterocycles. The zero-order valence-corrected chi connectivity index (χ0v) is 17.5. The van der Waals surface area contributed by atoms with Gasteiger partial charge in [0.25, 0.3) is 0 Å². The van der Waals surface area contributed by atoms with Gasteiger partial charge in [-0.2, -0.15) is 0 Å². The molecule has 0 saturated carbocycles. The van der Waals surface area contributed by atoms with Gasteiger partial charge in [0.05, 0.1) is 31.0 Å². The minimum atomic E-state index is -0.706. The van der Waals surface area contributed by atoms with E-state index in [0.29, 0.717) is 39.9 Å². The summed E-state index contributed by atoms with van der Waals surface area (Å²) in [6, 6.07) is 4.24. The first-order chi connectivity index (χ1) is 13.9. The summed E-state index contributed by atoms with van der Waals surface area (Å²) in [6.45, 7) is 4.95. The first kappa shape index (κ1) is 20.9. The Bertz CT molecular complexity index is 924. The van der Waals surface area contributed by atoms with Crippen LogP contribution in [0.3, 0.4) is 0 Å². The van der Waals surface area contributed by atoms with Gasteiger partial charge in [0, 0.05) is 19.1 Å². The molecule has 0 aliphatic carbocycles. The van der Waals surface area contributed by atoms with Crippen molar-refractivity contribution in [2.45, 2.75) is 33.2 Å². The largest absolute Gasteiger partial charge is 0.493 e. The number of rotatable bonds is 5. The third-order valence-corrected chi connectivity index (χ3v) is 5.41. The highest BCUT2D eigenvalue weighted by atomic mass is 32.2. The van der Waals surface area contributed by atoms with Gasteiger partial charge in [-0.3, -0.25) is 14.5 Å². The van der Waals surface area contributed by atoms with Crippen molar-refractivity contribution in [3.63, 3.8) is 0 Å². The smallest absolute Gasteiger partial charge is 0.338 e. The van der Waals surface area contributed by atoms with Crippen molar-refractivity contribution >= 4 is 34.8 Å². The van der Waals surface area contributed by atoms with Crippen molar-refractivity contribution < 1.29 is 28.6 Å². The lowest BCUT2D eigenvalue weighted by Gasteiger charge is -2.39. The molecule has 3 rings (SSSR count). The average Bonchev–Trinajstić information content (AvgIpc) is 2.67. The molecule has 154 valence electrons. The molecule has 1 amide bonds. The third-order valence-electron chi connectivity index (χ3n) is 4.46. The fraction of sp³-hybridized carbons (Fsp3) is 0.400. The molecular weight excluding hydrogens is 396 g/mol. The standard InChI is InChI=1S/C20H22N2O6S/c1-5-27-19(25)17-11(2)21-20-22(16(24)8-9-29-20)18(17)13-6-7-14(28-12(3)23)15(10-13)26-4/h6-7,10,18H,5,8-9H2,1-4H3/t18-/m1/s1. The molecule has 29 heavy (non-hydrogen) atoms. The van der Waals surface area contributed by atoms with E-state index in [1.165, 1.54) is 30.7 Å². The number of fused-ring (bicyclic) bond motifs is 1. The number of carbonyl (C=O) groups excluding carboxylic acids is 3. The van der Waals surface area contributed by atoms with Crippen molar-refractivity contribution in [1.29, 1.82) is 0 Å². The Balaban J connectivity index is 2.14. The maximum Gasteiger partial charge on any atom is 0.338 e. The Morgan fingerprint density at radius 2 is 2.07 bits per heavy atom. The number of esters is 2. The zero-order chi connectivity index (χ0) is 21.1. The number of thioether (sulfide) groups is 1. The van der Waals surface area contributed by atoms with E-state index < -0.39 is 18.0 Å². The van der Waals surface area contributed by atoms with E-state index in [0.717, 1.165) is 0 Å². The molecule has 2 heterocycles. The summed E-state index contributed by atoms with van der Waals surface area (Å²) >= 11 is 1.47. The van der Waals surface area contributed by atoms with Crippen molar-refractivity contribution in [2.24, 2.45) is 4.99 Å². The Morgan fingerprint density at radius 3 is 2.72 bits per heavy atom. The van der Waals surface area contributed by atoms with E-state index in [1.54, 1.807) is 32.0 Å². The molecule has 0 bridgehead atoms. The quantitative estimate of drug-likeness (QED) is 0.536. The first-order valence-corrected chi connectivity index (χ1v) is 10.1. The van der Waals surface area contributed by atoms with Crippen LogP contribution >= 0.6 is 11.8 Å². The number of nitrogens with zero attached hydrogens (tertiary/aromatic N) is 2. The molecule has 0 spiro atoms. The second-order valence-corrected chi connectivity index (χ2v) is 7.44. The number of methoxy groups -OCH3 is 1. The molecule has 1 atom stereocenters. The summed E-state index contributed by atoms with van der Waals surface area (Å²) in [6.07, 6.45) is 0.345. The van der Waals surface area contributed by atoms with Crippen LogP contribution < -0.4 is 9.47 Å². The minimum Gasteiger partial charge on any atom is -0.493 e. The topological polar surface area (TPSA) is 94.5 Å². The van der Waals surface area contributed by atoms with Gasteiger partial charge in [0.1, 0.15) is 0 Å². The van der Waals surface area contributed by atoms with Gasteiger partial charge in [-0.25, -0.2) is 9.79 Å². The predicted molar refractivity (Wildman–Crippen MR) is 108 cm³/mol. The van der Waals surface area contributed by atoms with Crippen molar-refractivity contribution in [2.75, 3.05) is 19.5 Å².